The Labute approximate surface area is 170 Å². The average Bonchev–Trinajstić information content (AvgIpc) is 3.03. The molecule has 2 atom stereocenters. The van der Waals surface area contributed by atoms with Crippen molar-refractivity contribution in [3.63, 3.8) is 0 Å². The van der Waals surface area contributed by atoms with Crippen LogP contribution in [0.4, 0.5) is 0 Å². The number of hydrogen-bond donors (Lipinski definition) is 3. The van der Waals surface area contributed by atoms with E-state index >= 15 is 0 Å². The van der Waals surface area contributed by atoms with Crippen molar-refractivity contribution in [1.82, 2.24) is 20.9 Å². The minimum absolute atomic E-state index is 0.102. The first kappa shape index (κ1) is 20.0. The number of carbonyl (C=O) groups excluding carboxylic acids is 3. The van der Waals surface area contributed by atoms with Crippen molar-refractivity contribution in [2.75, 3.05) is 26.8 Å². The zero-order valence-electron chi connectivity index (χ0n) is 16.8. The standard InChI is InChI=1S/C21H28N4O4/c1-29-13-21(7-2-8-22-12-21)23-10-14-3-4-15-11-25(20(28)16(15)9-14)17-5-6-18(26)24-19(17)27/h3-4,9,17,22-23H,2,5-8,10-13H2,1H3,(H,24,26,27). The number of imide groups is 1. The van der Waals surface area contributed by atoms with Gasteiger partial charge in [-0.15, -0.1) is 0 Å². The molecule has 1 aromatic rings. The second-order valence-corrected chi connectivity index (χ2v) is 8.24. The van der Waals surface area contributed by atoms with E-state index in [1.165, 1.54) is 0 Å². The molecule has 2 saturated heterocycles. The van der Waals surface area contributed by atoms with E-state index in [0.717, 1.165) is 37.1 Å². The van der Waals surface area contributed by atoms with Gasteiger partial charge in [-0.2, -0.15) is 0 Å². The maximum Gasteiger partial charge on any atom is 0.255 e. The number of ether oxygens (including phenoxy) is 1. The molecule has 3 aliphatic rings. The van der Waals surface area contributed by atoms with Crippen LogP contribution in [0.15, 0.2) is 18.2 Å². The molecule has 1 aromatic carbocycles. The third-order valence-electron chi connectivity index (χ3n) is 6.15. The van der Waals surface area contributed by atoms with E-state index in [1.54, 1.807) is 12.0 Å². The predicted molar refractivity (Wildman–Crippen MR) is 106 cm³/mol. The number of nitrogens with one attached hydrogen (secondary N) is 3. The molecule has 0 spiro atoms. The summed E-state index contributed by atoms with van der Waals surface area (Å²) in [5, 5.41) is 9.40. The molecular weight excluding hydrogens is 372 g/mol. The molecule has 8 heteroatoms. The summed E-state index contributed by atoms with van der Waals surface area (Å²) in [6.07, 6.45) is 2.79. The van der Waals surface area contributed by atoms with Crippen LogP contribution < -0.4 is 16.0 Å². The highest BCUT2D eigenvalue weighted by Crippen LogP contribution is 2.28. The van der Waals surface area contributed by atoms with E-state index in [4.69, 9.17) is 4.74 Å². The number of amides is 3. The highest BCUT2D eigenvalue weighted by Gasteiger charge is 2.39. The van der Waals surface area contributed by atoms with Gasteiger partial charge in [0.1, 0.15) is 6.04 Å². The first-order chi connectivity index (χ1) is 14.0. The lowest BCUT2D eigenvalue weighted by Gasteiger charge is -2.38. The number of carbonyl (C=O) groups is 3. The number of methoxy groups -OCH3 is 1. The number of piperidine rings is 2. The summed E-state index contributed by atoms with van der Waals surface area (Å²) in [4.78, 5) is 38.1. The molecule has 2 fully saturated rings. The lowest BCUT2D eigenvalue weighted by molar-refractivity contribution is -0.136. The quantitative estimate of drug-likeness (QED) is 0.594. The zero-order valence-corrected chi connectivity index (χ0v) is 16.8. The molecule has 3 amide bonds. The fraction of sp³-hybridized carbons (Fsp3) is 0.571. The van der Waals surface area contributed by atoms with Crippen molar-refractivity contribution in [3.8, 4) is 0 Å². The van der Waals surface area contributed by atoms with E-state index in [-0.39, 0.29) is 29.7 Å². The fourth-order valence-electron chi connectivity index (χ4n) is 4.57. The topological polar surface area (TPSA) is 99.8 Å². The molecule has 0 aromatic heterocycles. The van der Waals surface area contributed by atoms with Crippen LogP contribution in [0.25, 0.3) is 0 Å². The van der Waals surface area contributed by atoms with E-state index < -0.39 is 6.04 Å². The van der Waals surface area contributed by atoms with E-state index in [0.29, 0.717) is 31.7 Å². The Bertz CT molecular complexity index is 813. The Balaban J connectivity index is 1.45. The summed E-state index contributed by atoms with van der Waals surface area (Å²) in [5.41, 5.74) is 2.50. The van der Waals surface area contributed by atoms with Gasteiger partial charge in [-0.1, -0.05) is 12.1 Å². The van der Waals surface area contributed by atoms with Crippen molar-refractivity contribution in [2.24, 2.45) is 0 Å². The second kappa shape index (κ2) is 8.22. The van der Waals surface area contributed by atoms with E-state index in [9.17, 15) is 14.4 Å². The molecule has 156 valence electrons. The highest BCUT2D eigenvalue weighted by atomic mass is 16.5. The summed E-state index contributed by atoms with van der Waals surface area (Å²) < 4.78 is 5.44. The number of rotatable bonds is 6. The van der Waals surface area contributed by atoms with Crippen LogP contribution in [0.3, 0.4) is 0 Å². The Morgan fingerprint density at radius 3 is 2.90 bits per heavy atom. The van der Waals surface area contributed by atoms with Gasteiger partial charge >= 0.3 is 0 Å². The molecule has 8 nitrogen and oxygen atoms in total. The minimum atomic E-state index is -0.576. The van der Waals surface area contributed by atoms with Crippen LogP contribution in [-0.2, 0) is 27.4 Å². The number of benzene rings is 1. The van der Waals surface area contributed by atoms with Crippen LogP contribution in [0, 0.1) is 0 Å². The summed E-state index contributed by atoms with van der Waals surface area (Å²) >= 11 is 0. The molecule has 2 unspecified atom stereocenters. The number of nitrogens with zero attached hydrogens (tertiary/aromatic N) is 1. The maximum atomic E-state index is 13.0. The average molecular weight is 400 g/mol. The van der Waals surface area contributed by atoms with Crippen molar-refractivity contribution in [3.05, 3.63) is 34.9 Å². The smallest absolute Gasteiger partial charge is 0.255 e. The van der Waals surface area contributed by atoms with Gasteiger partial charge in [0.2, 0.25) is 11.8 Å². The SMILES string of the molecule is COCC1(NCc2ccc3c(c2)C(=O)N(C2CCC(=O)NC2=O)C3)CCCNC1. The molecule has 3 N–H and O–H groups in total. The molecule has 0 radical (unpaired) electrons. The summed E-state index contributed by atoms with van der Waals surface area (Å²) in [7, 11) is 1.72. The molecule has 0 bridgehead atoms. The van der Waals surface area contributed by atoms with Crippen LogP contribution >= 0.6 is 0 Å². The highest BCUT2D eigenvalue weighted by molar-refractivity contribution is 6.05. The van der Waals surface area contributed by atoms with Crippen LogP contribution in [0.1, 0.15) is 47.2 Å². The van der Waals surface area contributed by atoms with E-state index in [1.807, 2.05) is 18.2 Å². The fourth-order valence-corrected chi connectivity index (χ4v) is 4.57. The van der Waals surface area contributed by atoms with Crippen molar-refractivity contribution >= 4 is 17.7 Å². The van der Waals surface area contributed by atoms with Gasteiger partial charge in [-0.05, 0) is 43.0 Å². The third kappa shape index (κ3) is 4.05. The Kier molecular flexibility index (Phi) is 5.67. The summed E-state index contributed by atoms with van der Waals surface area (Å²) in [5.74, 6) is -0.788. The van der Waals surface area contributed by atoms with Gasteiger partial charge in [0.25, 0.3) is 5.91 Å². The molecule has 4 rings (SSSR count). The third-order valence-corrected chi connectivity index (χ3v) is 6.15. The molecule has 0 saturated carbocycles. The molecular formula is C21H28N4O4. The van der Waals surface area contributed by atoms with Gasteiger partial charge in [-0.25, -0.2) is 0 Å². The van der Waals surface area contributed by atoms with Gasteiger partial charge in [0.05, 0.1) is 12.1 Å². The lowest BCUT2D eigenvalue weighted by atomic mass is 9.90. The second-order valence-electron chi connectivity index (χ2n) is 8.24. The predicted octanol–water partition coefficient (Wildman–Crippen LogP) is 0.306. The number of hydrogen-bond acceptors (Lipinski definition) is 6. The van der Waals surface area contributed by atoms with E-state index in [2.05, 4.69) is 16.0 Å². The lowest BCUT2D eigenvalue weighted by Crippen LogP contribution is -2.58. The van der Waals surface area contributed by atoms with Gasteiger partial charge < -0.3 is 20.3 Å². The molecule has 0 aliphatic carbocycles. The maximum absolute atomic E-state index is 13.0. The molecule has 29 heavy (non-hydrogen) atoms. The van der Waals surface area contributed by atoms with Gasteiger partial charge in [-0.3, -0.25) is 19.7 Å². The number of fused-ring (bicyclic) bond motifs is 1. The Morgan fingerprint density at radius 2 is 2.17 bits per heavy atom. The summed E-state index contributed by atoms with van der Waals surface area (Å²) in [6.45, 7) is 3.56. The largest absolute Gasteiger partial charge is 0.383 e. The van der Waals surface area contributed by atoms with Crippen LogP contribution in [0.5, 0.6) is 0 Å². The van der Waals surface area contributed by atoms with Crippen molar-refractivity contribution < 1.29 is 19.1 Å². The first-order valence-corrected chi connectivity index (χ1v) is 10.2. The van der Waals surface area contributed by atoms with Crippen molar-refractivity contribution in [2.45, 2.75) is 50.4 Å². The van der Waals surface area contributed by atoms with Crippen LogP contribution in [-0.4, -0.2) is 61.0 Å². The Hall–Kier alpha value is -2.29. The monoisotopic (exact) mass is 400 g/mol. The van der Waals surface area contributed by atoms with Gasteiger partial charge in [0, 0.05) is 38.7 Å². The van der Waals surface area contributed by atoms with Crippen LogP contribution in [0.2, 0.25) is 0 Å². The molecule has 3 heterocycles. The minimum Gasteiger partial charge on any atom is -0.383 e. The zero-order chi connectivity index (χ0) is 20.4. The van der Waals surface area contributed by atoms with Gasteiger partial charge in [0.15, 0.2) is 0 Å². The molecule has 3 aliphatic heterocycles. The van der Waals surface area contributed by atoms with Crippen molar-refractivity contribution in [1.29, 1.82) is 0 Å². The normalized spacial score (nSPS) is 27.1. The summed E-state index contributed by atoms with van der Waals surface area (Å²) in [6, 6.07) is 5.35. The first-order valence-electron chi connectivity index (χ1n) is 10.2. The Morgan fingerprint density at radius 1 is 1.31 bits per heavy atom.